The molecule has 0 unspecified atom stereocenters. The Labute approximate surface area is 172 Å². The number of nitrogens with two attached hydrogens (primary N) is 1. The molecule has 0 aliphatic heterocycles. The summed E-state index contributed by atoms with van der Waals surface area (Å²) in [6.45, 7) is 0.586. The first-order chi connectivity index (χ1) is 13.0. The fraction of sp³-hybridized carbons (Fsp3) is 0.176. The van der Waals surface area contributed by atoms with E-state index >= 15 is 0 Å². The number of nitrogen functional groups attached to an aromatic ring is 1. The Morgan fingerprint density at radius 1 is 1.15 bits per heavy atom. The molecule has 27 heavy (non-hydrogen) atoms. The zero-order valence-electron chi connectivity index (χ0n) is 13.9. The summed E-state index contributed by atoms with van der Waals surface area (Å²) in [7, 11) is 0. The Morgan fingerprint density at radius 3 is 2.67 bits per heavy atom. The van der Waals surface area contributed by atoms with Crippen molar-refractivity contribution in [3.63, 3.8) is 0 Å². The Morgan fingerprint density at radius 2 is 1.93 bits per heavy atom. The molecule has 0 aliphatic carbocycles. The third-order valence-corrected chi connectivity index (χ3v) is 5.14. The van der Waals surface area contributed by atoms with Crippen LogP contribution in [-0.4, -0.2) is 27.2 Å². The lowest BCUT2D eigenvalue weighted by Crippen LogP contribution is -2.16. The minimum atomic E-state index is -0.323. The van der Waals surface area contributed by atoms with Gasteiger partial charge in [0.1, 0.15) is 23.9 Å². The topological polar surface area (TPSA) is 75.2 Å². The molecule has 0 saturated heterocycles. The van der Waals surface area contributed by atoms with Crippen LogP contribution in [-0.2, 0) is 6.61 Å². The largest absolute Gasteiger partial charge is 0.492 e. The summed E-state index contributed by atoms with van der Waals surface area (Å²) >= 11 is 10.7. The van der Waals surface area contributed by atoms with Crippen LogP contribution in [0.25, 0.3) is 0 Å². The van der Waals surface area contributed by atoms with Gasteiger partial charge in [0, 0.05) is 10.8 Å². The zero-order valence-corrected chi connectivity index (χ0v) is 17.1. The summed E-state index contributed by atoms with van der Waals surface area (Å²) in [5.41, 5.74) is 0. The van der Waals surface area contributed by atoms with Crippen LogP contribution in [0.2, 0.25) is 5.02 Å². The number of benzene rings is 2. The van der Waals surface area contributed by atoms with E-state index in [-0.39, 0.29) is 12.4 Å². The van der Waals surface area contributed by atoms with Gasteiger partial charge in [-0.1, -0.05) is 23.4 Å². The minimum Gasteiger partial charge on any atom is -0.492 e. The van der Waals surface area contributed by atoms with Crippen LogP contribution in [0.3, 0.4) is 0 Å². The molecule has 0 amide bonds. The van der Waals surface area contributed by atoms with E-state index in [0.717, 1.165) is 4.47 Å². The van der Waals surface area contributed by atoms with Crippen LogP contribution in [0.15, 0.2) is 52.1 Å². The maximum absolute atomic E-state index is 12.9. The Kier molecular flexibility index (Phi) is 6.81. The first-order valence-corrected chi connectivity index (χ1v) is 9.97. The molecule has 1 aromatic heterocycles. The molecule has 10 heteroatoms. The monoisotopic (exact) mass is 472 g/mol. The average Bonchev–Trinajstić information content (AvgIpc) is 3.00. The van der Waals surface area contributed by atoms with E-state index in [1.807, 2.05) is 0 Å². The van der Waals surface area contributed by atoms with E-state index in [1.54, 1.807) is 18.2 Å². The SMILES string of the molecule is Nn1c(COc2ccc(F)cc2)nnc1SCCOc1ccc(Cl)cc1Br. The second-order valence-corrected chi connectivity index (χ2v) is 7.64. The van der Waals surface area contributed by atoms with Gasteiger partial charge < -0.3 is 15.3 Å². The summed E-state index contributed by atoms with van der Waals surface area (Å²) in [5, 5.41) is 9.24. The minimum absolute atomic E-state index is 0.129. The predicted molar refractivity (Wildman–Crippen MR) is 106 cm³/mol. The van der Waals surface area contributed by atoms with Gasteiger partial charge in [-0.05, 0) is 58.4 Å². The van der Waals surface area contributed by atoms with Crippen molar-refractivity contribution in [3.05, 3.63) is 63.6 Å². The van der Waals surface area contributed by atoms with Crippen molar-refractivity contribution in [2.75, 3.05) is 18.2 Å². The summed E-state index contributed by atoms with van der Waals surface area (Å²) in [6.07, 6.45) is 0. The van der Waals surface area contributed by atoms with Crippen LogP contribution in [0.5, 0.6) is 11.5 Å². The van der Waals surface area contributed by atoms with Gasteiger partial charge in [0.15, 0.2) is 5.82 Å². The van der Waals surface area contributed by atoms with Gasteiger partial charge in [-0.3, -0.25) is 0 Å². The second-order valence-electron chi connectivity index (χ2n) is 5.28. The number of hydrogen-bond donors (Lipinski definition) is 1. The van der Waals surface area contributed by atoms with Crippen molar-refractivity contribution < 1.29 is 13.9 Å². The third kappa shape index (κ3) is 5.50. The number of ether oxygens (including phenoxy) is 2. The standard InChI is InChI=1S/C17H15BrClFN4O2S/c18-14-9-11(19)1-6-15(14)25-7-8-27-17-23-22-16(24(17)21)10-26-13-4-2-12(20)3-5-13/h1-6,9H,7-8,10,21H2. The molecule has 3 rings (SSSR count). The van der Waals surface area contributed by atoms with E-state index in [1.165, 1.54) is 40.7 Å². The van der Waals surface area contributed by atoms with Crippen LogP contribution in [0.1, 0.15) is 5.82 Å². The molecule has 0 bridgehead atoms. The molecule has 0 saturated carbocycles. The lowest BCUT2D eigenvalue weighted by atomic mass is 10.3. The molecule has 2 N–H and O–H groups in total. The molecule has 1 heterocycles. The summed E-state index contributed by atoms with van der Waals surface area (Å²) in [4.78, 5) is 0. The Hall–Kier alpha value is -1.97. The summed E-state index contributed by atoms with van der Waals surface area (Å²) in [6, 6.07) is 11.1. The lowest BCUT2D eigenvalue weighted by Gasteiger charge is -2.08. The van der Waals surface area contributed by atoms with Gasteiger partial charge >= 0.3 is 0 Å². The number of aromatic nitrogens is 3. The van der Waals surface area contributed by atoms with E-state index < -0.39 is 0 Å². The highest BCUT2D eigenvalue weighted by molar-refractivity contribution is 9.10. The Balaban J connectivity index is 1.47. The summed E-state index contributed by atoms with van der Waals surface area (Å²) < 4.78 is 26.3. The van der Waals surface area contributed by atoms with E-state index in [2.05, 4.69) is 26.1 Å². The second kappa shape index (κ2) is 9.29. The van der Waals surface area contributed by atoms with Gasteiger partial charge in [0.05, 0.1) is 11.1 Å². The van der Waals surface area contributed by atoms with Crippen molar-refractivity contribution >= 4 is 39.3 Å². The molecule has 0 spiro atoms. The van der Waals surface area contributed by atoms with Crippen molar-refractivity contribution in [2.45, 2.75) is 11.8 Å². The van der Waals surface area contributed by atoms with Crippen molar-refractivity contribution in [1.82, 2.24) is 14.9 Å². The van der Waals surface area contributed by atoms with Gasteiger partial charge in [-0.25, -0.2) is 9.07 Å². The number of halogens is 3. The van der Waals surface area contributed by atoms with Crippen molar-refractivity contribution in [3.8, 4) is 11.5 Å². The van der Waals surface area contributed by atoms with Crippen molar-refractivity contribution in [2.24, 2.45) is 0 Å². The molecule has 6 nitrogen and oxygen atoms in total. The van der Waals surface area contributed by atoms with E-state index in [0.29, 0.717) is 39.9 Å². The van der Waals surface area contributed by atoms with Crippen LogP contribution >= 0.6 is 39.3 Å². The van der Waals surface area contributed by atoms with Crippen molar-refractivity contribution in [1.29, 1.82) is 0 Å². The number of rotatable bonds is 8. The maximum Gasteiger partial charge on any atom is 0.210 e. The van der Waals surface area contributed by atoms with Crippen LogP contribution < -0.4 is 15.3 Å². The molecular formula is C17H15BrClFN4O2S. The smallest absolute Gasteiger partial charge is 0.210 e. The highest BCUT2D eigenvalue weighted by Gasteiger charge is 2.11. The quantitative estimate of drug-likeness (QED) is 0.299. The van der Waals surface area contributed by atoms with E-state index in [4.69, 9.17) is 26.9 Å². The van der Waals surface area contributed by atoms with Gasteiger partial charge in [-0.15, -0.1) is 10.2 Å². The first-order valence-electron chi connectivity index (χ1n) is 7.81. The van der Waals surface area contributed by atoms with Crippen LogP contribution in [0, 0.1) is 5.82 Å². The number of hydrogen-bond acceptors (Lipinski definition) is 6. The fourth-order valence-corrected chi connectivity index (χ4v) is 3.55. The number of thioether (sulfide) groups is 1. The first kappa shape index (κ1) is 19.8. The third-order valence-electron chi connectivity index (χ3n) is 3.38. The number of nitrogens with zero attached hydrogens (tertiary/aromatic N) is 3. The highest BCUT2D eigenvalue weighted by atomic mass is 79.9. The molecule has 0 fully saturated rings. The highest BCUT2D eigenvalue weighted by Crippen LogP contribution is 2.28. The maximum atomic E-state index is 12.9. The van der Waals surface area contributed by atoms with Gasteiger partial charge in [-0.2, -0.15) is 0 Å². The molecule has 142 valence electrons. The molecule has 2 aromatic carbocycles. The fourth-order valence-electron chi connectivity index (χ4n) is 2.06. The average molecular weight is 474 g/mol. The van der Waals surface area contributed by atoms with Gasteiger partial charge in [0.2, 0.25) is 5.16 Å². The van der Waals surface area contributed by atoms with Gasteiger partial charge in [0.25, 0.3) is 0 Å². The van der Waals surface area contributed by atoms with Crippen LogP contribution in [0.4, 0.5) is 4.39 Å². The lowest BCUT2D eigenvalue weighted by molar-refractivity contribution is 0.291. The molecule has 3 aromatic rings. The van der Waals surface area contributed by atoms with E-state index in [9.17, 15) is 4.39 Å². The molecule has 0 aliphatic rings. The normalized spacial score (nSPS) is 10.8. The Bertz CT molecular complexity index is 910. The molecular weight excluding hydrogens is 459 g/mol. The zero-order chi connectivity index (χ0) is 19.2. The predicted octanol–water partition coefficient (Wildman–Crippen LogP) is 4.30. The summed E-state index contributed by atoms with van der Waals surface area (Å²) in [5.74, 6) is 7.99. The molecule has 0 radical (unpaired) electrons. The molecule has 0 atom stereocenters.